The Labute approximate surface area is 179 Å². The van der Waals surface area contributed by atoms with E-state index in [9.17, 15) is 19.7 Å². The number of non-ortho nitro benzene ring substituents is 1. The van der Waals surface area contributed by atoms with Gasteiger partial charge in [0.15, 0.2) is 5.11 Å². The number of nitro benzene ring substituents is 1. The molecule has 2 amide bonds. The molecule has 8 nitrogen and oxygen atoms in total. The quantitative estimate of drug-likeness (QED) is 0.195. The highest BCUT2D eigenvalue weighted by Crippen LogP contribution is 2.15. The standard InChI is InChI=1S/C21H22N4O4S/c1-2-3-13-22-20(27)17-9-4-5-10-18(17)23-21(30)24-19(26)12-11-15-7-6-8-16(14-15)25(28)29/h4-12,14H,2-3,13H2,1H3,(H,22,27)(H2,23,24,26,30)/b12-11+. The van der Waals surface area contributed by atoms with E-state index in [0.717, 1.165) is 12.8 Å². The molecule has 156 valence electrons. The van der Waals surface area contributed by atoms with Crippen molar-refractivity contribution in [1.82, 2.24) is 10.6 Å². The molecule has 0 aliphatic rings. The zero-order chi connectivity index (χ0) is 21.9. The molecule has 0 saturated heterocycles. The van der Waals surface area contributed by atoms with Crippen molar-refractivity contribution in [3.8, 4) is 0 Å². The first-order valence-electron chi connectivity index (χ1n) is 9.32. The van der Waals surface area contributed by atoms with Crippen LogP contribution in [0.2, 0.25) is 0 Å². The third-order valence-electron chi connectivity index (χ3n) is 3.98. The average Bonchev–Trinajstić information content (AvgIpc) is 2.73. The Hall–Kier alpha value is -3.59. The summed E-state index contributed by atoms with van der Waals surface area (Å²) in [7, 11) is 0. The van der Waals surface area contributed by atoms with Crippen molar-refractivity contribution in [2.45, 2.75) is 19.8 Å². The maximum Gasteiger partial charge on any atom is 0.270 e. The summed E-state index contributed by atoms with van der Waals surface area (Å²) in [6.45, 7) is 2.61. The normalized spacial score (nSPS) is 10.4. The van der Waals surface area contributed by atoms with Gasteiger partial charge in [-0.1, -0.05) is 37.6 Å². The van der Waals surface area contributed by atoms with Gasteiger partial charge in [-0.05, 0) is 42.4 Å². The predicted octanol–water partition coefficient (Wildman–Crippen LogP) is 3.65. The number of anilines is 1. The third-order valence-corrected chi connectivity index (χ3v) is 4.18. The van der Waals surface area contributed by atoms with Gasteiger partial charge in [0.05, 0.1) is 16.2 Å². The molecule has 0 radical (unpaired) electrons. The van der Waals surface area contributed by atoms with Gasteiger partial charge in [-0.3, -0.25) is 25.0 Å². The summed E-state index contributed by atoms with van der Waals surface area (Å²) in [6.07, 6.45) is 4.52. The van der Waals surface area contributed by atoms with E-state index in [1.165, 1.54) is 30.4 Å². The van der Waals surface area contributed by atoms with Crippen molar-refractivity contribution in [2.24, 2.45) is 0 Å². The van der Waals surface area contributed by atoms with E-state index in [4.69, 9.17) is 12.2 Å². The van der Waals surface area contributed by atoms with Crippen LogP contribution in [0.5, 0.6) is 0 Å². The van der Waals surface area contributed by atoms with Gasteiger partial charge in [0.2, 0.25) is 5.91 Å². The number of carbonyl (C=O) groups excluding carboxylic acids is 2. The number of unbranched alkanes of at least 4 members (excludes halogenated alkanes) is 1. The Morgan fingerprint density at radius 3 is 2.67 bits per heavy atom. The van der Waals surface area contributed by atoms with Gasteiger partial charge in [0, 0.05) is 24.8 Å². The highest BCUT2D eigenvalue weighted by molar-refractivity contribution is 7.80. The smallest absolute Gasteiger partial charge is 0.270 e. The minimum absolute atomic E-state index is 0.0255. The number of nitrogens with one attached hydrogen (secondary N) is 3. The maximum atomic E-state index is 12.3. The van der Waals surface area contributed by atoms with Crippen LogP contribution in [0.1, 0.15) is 35.7 Å². The van der Waals surface area contributed by atoms with Crippen molar-refractivity contribution < 1.29 is 14.5 Å². The highest BCUT2D eigenvalue weighted by atomic mass is 32.1. The summed E-state index contributed by atoms with van der Waals surface area (Å²) < 4.78 is 0. The minimum Gasteiger partial charge on any atom is -0.352 e. The molecule has 0 aromatic heterocycles. The number of thiocarbonyl (C=S) groups is 1. The molecule has 0 fully saturated rings. The van der Waals surface area contributed by atoms with Gasteiger partial charge in [-0.15, -0.1) is 0 Å². The number of amides is 2. The lowest BCUT2D eigenvalue weighted by molar-refractivity contribution is -0.384. The molecule has 0 spiro atoms. The molecule has 9 heteroatoms. The first-order valence-corrected chi connectivity index (χ1v) is 9.73. The zero-order valence-corrected chi connectivity index (χ0v) is 17.2. The highest BCUT2D eigenvalue weighted by Gasteiger charge is 2.12. The lowest BCUT2D eigenvalue weighted by Gasteiger charge is -2.13. The Morgan fingerprint density at radius 2 is 1.93 bits per heavy atom. The molecule has 30 heavy (non-hydrogen) atoms. The van der Waals surface area contributed by atoms with Crippen LogP contribution in [0.4, 0.5) is 11.4 Å². The maximum absolute atomic E-state index is 12.3. The Morgan fingerprint density at radius 1 is 1.17 bits per heavy atom. The van der Waals surface area contributed by atoms with Crippen molar-refractivity contribution in [2.75, 3.05) is 11.9 Å². The lowest BCUT2D eigenvalue weighted by atomic mass is 10.1. The molecular weight excluding hydrogens is 404 g/mol. The summed E-state index contributed by atoms with van der Waals surface area (Å²) in [4.78, 5) is 34.7. The van der Waals surface area contributed by atoms with Crippen LogP contribution < -0.4 is 16.0 Å². The molecule has 2 aromatic carbocycles. The van der Waals surface area contributed by atoms with E-state index in [0.29, 0.717) is 23.4 Å². The zero-order valence-electron chi connectivity index (χ0n) is 16.4. The van der Waals surface area contributed by atoms with Gasteiger partial charge in [-0.25, -0.2) is 0 Å². The molecule has 0 unspecified atom stereocenters. The van der Waals surface area contributed by atoms with Crippen molar-refractivity contribution >= 4 is 46.6 Å². The second kappa shape index (κ2) is 11.4. The van der Waals surface area contributed by atoms with Crippen LogP contribution in [0.15, 0.2) is 54.6 Å². The number of carbonyl (C=O) groups is 2. The van der Waals surface area contributed by atoms with E-state index in [-0.39, 0.29) is 16.7 Å². The second-order valence-electron chi connectivity index (χ2n) is 6.28. The van der Waals surface area contributed by atoms with Gasteiger partial charge < -0.3 is 10.6 Å². The fourth-order valence-corrected chi connectivity index (χ4v) is 2.70. The molecule has 0 heterocycles. The Kier molecular flexibility index (Phi) is 8.64. The lowest BCUT2D eigenvalue weighted by Crippen LogP contribution is -2.34. The molecule has 0 bridgehead atoms. The second-order valence-corrected chi connectivity index (χ2v) is 6.69. The molecule has 0 atom stereocenters. The van der Waals surface area contributed by atoms with Crippen LogP contribution in [0.3, 0.4) is 0 Å². The number of rotatable bonds is 8. The fraction of sp³-hybridized carbons (Fsp3) is 0.190. The molecule has 3 N–H and O–H groups in total. The molecule has 2 rings (SSSR count). The van der Waals surface area contributed by atoms with Crippen LogP contribution in [0, 0.1) is 10.1 Å². The Bertz CT molecular complexity index is 975. The van der Waals surface area contributed by atoms with E-state index < -0.39 is 10.8 Å². The summed E-state index contributed by atoms with van der Waals surface area (Å²) in [5.74, 6) is -0.741. The average molecular weight is 426 g/mol. The minimum atomic E-state index is -0.510. The van der Waals surface area contributed by atoms with Crippen LogP contribution in [-0.2, 0) is 4.79 Å². The monoisotopic (exact) mass is 426 g/mol. The van der Waals surface area contributed by atoms with Crippen LogP contribution >= 0.6 is 12.2 Å². The fourth-order valence-electron chi connectivity index (χ4n) is 2.49. The van der Waals surface area contributed by atoms with Gasteiger partial charge in [0.25, 0.3) is 11.6 Å². The van der Waals surface area contributed by atoms with Crippen molar-refractivity contribution in [3.63, 3.8) is 0 Å². The number of nitrogens with zero attached hydrogens (tertiary/aromatic N) is 1. The van der Waals surface area contributed by atoms with Gasteiger partial charge in [0.1, 0.15) is 0 Å². The van der Waals surface area contributed by atoms with Gasteiger partial charge >= 0.3 is 0 Å². The Balaban J connectivity index is 1.97. The summed E-state index contributed by atoms with van der Waals surface area (Å²) >= 11 is 5.15. The third kappa shape index (κ3) is 7.10. The number of nitro groups is 1. The first-order chi connectivity index (χ1) is 14.4. The topological polar surface area (TPSA) is 113 Å². The van der Waals surface area contributed by atoms with Gasteiger partial charge in [-0.2, -0.15) is 0 Å². The predicted molar refractivity (Wildman–Crippen MR) is 120 cm³/mol. The largest absolute Gasteiger partial charge is 0.352 e. The van der Waals surface area contributed by atoms with Crippen molar-refractivity contribution in [3.05, 3.63) is 75.8 Å². The molecule has 0 aliphatic carbocycles. The van der Waals surface area contributed by atoms with Crippen molar-refractivity contribution in [1.29, 1.82) is 0 Å². The first kappa shape index (κ1) is 22.7. The van der Waals surface area contributed by atoms with Crippen LogP contribution in [0.25, 0.3) is 6.08 Å². The number of para-hydroxylation sites is 1. The molecule has 0 aliphatic heterocycles. The number of hydrogen-bond acceptors (Lipinski definition) is 5. The van der Waals surface area contributed by atoms with Crippen LogP contribution in [-0.4, -0.2) is 28.4 Å². The summed E-state index contributed by atoms with van der Waals surface area (Å²) in [5, 5.41) is 19.0. The van der Waals surface area contributed by atoms with E-state index in [2.05, 4.69) is 16.0 Å². The summed E-state index contributed by atoms with van der Waals surface area (Å²) in [5.41, 5.74) is 1.33. The molecule has 2 aromatic rings. The summed E-state index contributed by atoms with van der Waals surface area (Å²) in [6, 6.07) is 12.7. The van der Waals surface area contributed by atoms with E-state index >= 15 is 0 Å². The molecular formula is C21H22N4O4S. The molecule has 0 saturated carbocycles. The van der Waals surface area contributed by atoms with E-state index in [1.807, 2.05) is 6.92 Å². The number of hydrogen-bond donors (Lipinski definition) is 3. The van der Waals surface area contributed by atoms with E-state index in [1.54, 1.807) is 30.3 Å². The number of benzene rings is 2. The SMILES string of the molecule is CCCCNC(=O)c1ccccc1NC(=S)NC(=O)/C=C/c1cccc([N+](=O)[O-])c1.